The van der Waals surface area contributed by atoms with Gasteiger partial charge in [0.2, 0.25) is 5.88 Å². The fourth-order valence-corrected chi connectivity index (χ4v) is 4.16. The van der Waals surface area contributed by atoms with Gasteiger partial charge in [0.1, 0.15) is 11.2 Å². The molecule has 1 N–H and O–H groups in total. The van der Waals surface area contributed by atoms with E-state index in [4.69, 9.17) is 9.47 Å². The first-order chi connectivity index (χ1) is 13.6. The van der Waals surface area contributed by atoms with Crippen LogP contribution in [0.5, 0.6) is 5.88 Å². The van der Waals surface area contributed by atoms with Gasteiger partial charge in [-0.3, -0.25) is 4.79 Å². The van der Waals surface area contributed by atoms with Crippen molar-refractivity contribution in [1.29, 1.82) is 0 Å². The molecule has 4 rings (SSSR count). The molecule has 0 unspecified atom stereocenters. The lowest BCUT2D eigenvalue weighted by atomic mass is 10.2. The molecule has 1 amide bonds. The minimum atomic E-state index is -0.226. The SMILES string of the molecule is Cc1sc2ncnc(OCC(=O)Nc3ccc(N4CCOCC4)cc3)c2c1C. The predicted molar refractivity (Wildman–Crippen MR) is 110 cm³/mol. The van der Waals surface area contributed by atoms with E-state index >= 15 is 0 Å². The van der Waals surface area contributed by atoms with Gasteiger partial charge in [-0.15, -0.1) is 11.3 Å². The third-order valence-electron chi connectivity index (χ3n) is 4.80. The van der Waals surface area contributed by atoms with E-state index in [2.05, 4.69) is 20.2 Å². The lowest BCUT2D eigenvalue weighted by Gasteiger charge is -2.28. The molecule has 2 aromatic heterocycles. The number of nitrogens with zero attached hydrogens (tertiary/aromatic N) is 3. The van der Waals surface area contributed by atoms with Crippen LogP contribution in [0.2, 0.25) is 0 Å². The molecule has 146 valence electrons. The van der Waals surface area contributed by atoms with Gasteiger partial charge < -0.3 is 19.7 Å². The highest BCUT2D eigenvalue weighted by Crippen LogP contribution is 2.33. The van der Waals surface area contributed by atoms with Crippen molar-refractivity contribution < 1.29 is 14.3 Å². The number of morpholine rings is 1. The van der Waals surface area contributed by atoms with E-state index in [0.29, 0.717) is 5.88 Å². The van der Waals surface area contributed by atoms with Gasteiger partial charge >= 0.3 is 0 Å². The van der Waals surface area contributed by atoms with Gasteiger partial charge in [-0.1, -0.05) is 0 Å². The van der Waals surface area contributed by atoms with Crippen molar-refractivity contribution in [2.24, 2.45) is 0 Å². The minimum Gasteiger partial charge on any atom is -0.467 e. The van der Waals surface area contributed by atoms with Crippen LogP contribution in [0.3, 0.4) is 0 Å². The van der Waals surface area contributed by atoms with Crippen LogP contribution < -0.4 is 15.0 Å². The summed E-state index contributed by atoms with van der Waals surface area (Å²) >= 11 is 1.60. The molecule has 0 atom stereocenters. The van der Waals surface area contributed by atoms with Crippen molar-refractivity contribution in [3.63, 3.8) is 0 Å². The zero-order valence-corrected chi connectivity index (χ0v) is 16.7. The molecule has 3 aromatic rings. The molecule has 0 radical (unpaired) electrons. The normalized spacial score (nSPS) is 14.3. The van der Waals surface area contributed by atoms with Gasteiger partial charge in [-0.25, -0.2) is 9.97 Å². The smallest absolute Gasteiger partial charge is 0.262 e. The summed E-state index contributed by atoms with van der Waals surface area (Å²) in [7, 11) is 0. The molecule has 1 saturated heterocycles. The number of aromatic nitrogens is 2. The lowest BCUT2D eigenvalue weighted by Crippen LogP contribution is -2.36. The monoisotopic (exact) mass is 398 g/mol. The molecule has 0 bridgehead atoms. The van der Waals surface area contributed by atoms with Gasteiger partial charge in [-0.05, 0) is 43.7 Å². The van der Waals surface area contributed by atoms with Gasteiger partial charge in [-0.2, -0.15) is 0 Å². The van der Waals surface area contributed by atoms with Crippen LogP contribution in [0.15, 0.2) is 30.6 Å². The third-order valence-corrected chi connectivity index (χ3v) is 5.91. The maximum absolute atomic E-state index is 12.3. The Kier molecular flexibility index (Phi) is 5.40. The summed E-state index contributed by atoms with van der Waals surface area (Å²) in [6.07, 6.45) is 1.47. The molecule has 7 nitrogen and oxygen atoms in total. The van der Waals surface area contributed by atoms with Gasteiger partial charge in [0, 0.05) is 29.3 Å². The summed E-state index contributed by atoms with van der Waals surface area (Å²) in [6.45, 7) is 7.21. The summed E-state index contributed by atoms with van der Waals surface area (Å²) in [5.41, 5.74) is 2.96. The standard InChI is InChI=1S/C20H22N4O3S/c1-13-14(2)28-20-18(13)19(21-12-22-20)27-11-17(25)23-15-3-5-16(6-4-15)24-7-9-26-10-8-24/h3-6,12H,7-11H2,1-2H3,(H,23,25). The van der Waals surface area contributed by atoms with E-state index in [1.807, 2.05) is 38.1 Å². The van der Waals surface area contributed by atoms with Crippen molar-refractivity contribution in [1.82, 2.24) is 9.97 Å². The Balaban J connectivity index is 1.37. The average Bonchev–Trinajstić information content (AvgIpc) is 3.02. The number of carbonyl (C=O) groups excluding carboxylic acids is 1. The highest BCUT2D eigenvalue weighted by molar-refractivity contribution is 7.18. The number of anilines is 2. The number of ether oxygens (including phenoxy) is 2. The Morgan fingerprint density at radius 1 is 1.21 bits per heavy atom. The second-order valence-electron chi connectivity index (χ2n) is 6.63. The second-order valence-corrected chi connectivity index (χ2v) is 7.83. The van der Waals surface area contributed by atoms with Gasteiger partial charge in [0.05, 0.1) is 18.6 Å². The van der Waals surface area contributed by atoms with Crippen LogP contribution in [0, 0.1) is 13.8 Å². The Labute approximate surface area is 167 Å². The summed E-state index contributed by atoms with van der Waals surface area (Å²) in [6, 6.07) is 7.82. The maximum Gasteiger partial charge on any atom is 0.262 e. The Morgan fingerprint density at radius 2 is 1.96 bits per heavy atom. The quantitative estimate of drug-likeness (QED) is 0.711. The van der Waals surface area contributed by atoms with Crippen molar-refractivity contribution in [3.8, 4) is 5.88 Å². The number of fused-ring (bicyclic) bond motifs is 1. The number of thiophene rings is 1. The number of benzene rings is 1. The van der Waals surface area contributed by atoms with E-state index in [1.165, 1.54) is 11.2 Å². The Morgan fingerprint density at radius 3 is 2.71 bits per heavy atom. The molecule has 3 heterocycles. The highest BCUT2D eigenvalue weighted by Gasteiger charge is 2.15. The molecule has 1 fully saturated rings. The number of nitrogens with one attached hydrogen (secondary N) is 1. The zero-order valence-electron chi connectivity index (χ0n) is 15.9. The number of rotatable bonds is 5. The van der Waals surface area contributed by atoms with E-state index in [1.54, 1.807) is 11.3 Å². The maximum atomic E-state index is 12.3. The van der Waals surface area contributed by atoms with Crippen LogP contribution in [0.25, 0.3) is 10.2 Å². The van der Waals surface area contributed by atoms with Crippen LogP contribution in [-0.2, 0) is 9.53 Å². The highest BCUT2D eigenvalue weighted by atomic mass is 32.1. The van der Waals surface area contributed by atoms with Crippen LogP contribution in [0.1, 0.15) is 10.4 Å². The van der Waals surface area contributed by atoms with Crippen LogP contribution in [0.4, 0.5) is 11.4 Å². The molecular weight excluding hydrogens is 376 g/mol. The molecule has 0 aliphatic carbocycles. The zero-order chi connectivity index (χ0) is 19.5. The van der Waals surface area contributed by atoms with E-state index < -0.39 is 0 Å². The molecule has 1 aromatic carbocycles. The van der Waals surface area contributed by atoms with Gasteiger partial charge in [0.15, 0.2) is 6.61 Å². The molecule has 0 spiro atoms. The Hall–Kier alpha value is -2.71. The van der Waals surface area contributed by atoms with Crippen molar-refractivity contribution in [3.05, 3.63) is 41.0 Å². The first kappa shape index (κ1) is 18.6. The van der Waals surface area contributed by atoms with Gasteiger partial charge in [0.25, 0.3) is 5.91 Å². The van der Waals surface area contributed by atoms with E-state index in [9.17, 15) is 4.79 Å². The van der Waals surface area contributed by atoms with Crippen molar-refractivity contribution in [2.75, 3.05) is 43.1 Å². The number of amides is 1. The largest absolute Gasteiger partial charge is 0.467 e. The molecule has 1 aliphatic rings. The Bertz CT molecular complexity index is 981. The fourth-order valence-electron chi connectivity index (χ4n) is 3.17. The third kappa shape index (κ3) is 3.93. The lowest BCUT2D eigenvalue weighted by molar-refractivity contribution is -0.118. The summed E-state index contributed by atoms with van der Waals surface area (Å²) in [5.74, 6) is 0.222. The number of aryl methyl sites for hydroxylation is 2. The molecule has 1 aliphatic heterocycles. The van der Waals surface area contributed by atoms with Crippen molar-refractivity contribution >= 4 is 38.8 Å². The topological polar surface area (TPSA) is 76.6 Å². The van der Waals surface area contributed by atoms with Crippen LogP contribution in [-0.4, -0.2) is 48.8 Å². The molecule has 28 heavy (non-hydrogen) atoms. The number of carbonyl (C=O) groups is 1. The van der Waals surface area contributed by atoms with E-state index in [-0.39, 0.29) is 12.5 Å². The first-order valence-electron chi connectivity index (χ1n) is 9.18. The summed E-state index contributed by atoms with van der Waals surface area (Å²) in [5, 5.41) is 3.74. The summed E-state index contributed by atoms with van der Waals surface area (Å²) < 4.78 is 11.1. The molecular formula is C20H22N4O3S. The molecule has 8 heteroatoms. The number of hydrogen-bond donors (Lipinski definition) is 1. The fraction of sp³-hybridized carbons (Fsp3) is 0.350. The van der Waals surface area contributed by atoms with Crippen LogP contribution >= 0.6 is 11.3 Å². The van der Waals surface area contributed by atoms with Crippen molar-refractivity contribution in [2.45, 2.75) is 13.8 Å². The minimum absolute atomic E-state index is 0.105. The first-order valence-corrected chi connectivity index (χ1v) is 9.99. The summed E-state index contributed by atoms with van der Waals surface area (Å²) in [4.78, 5) is 25.1. The van der Waals surface area contributed by atoms with E-state index in [0.717, 1.165) is 53.5 Å². The molecule has 0 saturated carbocycles. The number of hydrogen-bond acceptors (Lipinski definition) is 7. The second kappa shape index (κ2) is 8.12. The average molecular weight is 398 g/mol. The predicted octanol–water partition coefficient (Wildman–Crippen LogP) is 3.16.